The molecule has 0 aliphatic carbocycles. The standard InChI is InChI=1S/C9H10ClN/c10-7-4-8-11-9-5-2-1-3-6-9/h1-7,11H,8H2. The topological polar surface area (TPSA) is 12.0 Å². The maximum absolute atomic E-state index is 5.35. The molecule has 0 radical (unpaired) electrons. The predicted octanol–water partition coefficient (Wildman–Crippen LogP) is 2.85. The summed E-state index contributed by atoms with van der Waals surface area (Å²) in [6.07, 6.45) is 1.86. The van der Waals surface area contributed by atoms with Crippen molar-refractivity contribution in [2.75, 3.05) is 11.9 Å². The highest BCUT2D eigenvalue weighted by molar-refractivity contribution is 6.25. The van der Waals surface area contributed by atoms with Gasteiger partial charge in [0.25, 0.3) is 0 Å². The van der Waals surface area contributed by atoms with Crippen LogP contribution >= 0.6 is 11.6 Å². The highest BCUT2D eigenvalue weighted by Gasteiger charge is 1.83. The molecule has 0 unspecified atom stereocenters. The van der Waals surface area contributed by atoms with Crippen LogP contribution < -0.4 is 5.32 Å². The van der Waals surface area contributed by atoms with Gasteiger partial charge in [0.05, 0.1) is 0 Å². The normalized spacial score (nSPS) is 10.3. The van der Waals surface area contributed by atoms with E-state index in [1.807, 2.05) is 36.4 Å². The van der Waals surface area contributed by atoms with Gasteiger partial charge in [-0.3, -0.25) is 0 Å². The first-order valence-corrected chi connectivity index (χ1v) is 3.91. The van der Waals surface area contributed by atoms with Crippen molar-refractivity contribution < 1.29 is 0 Å². The van der Waals surface area contributed by atoms with Crippen molar-refractivity contribution in [1.29, 1.82) is 0 Å². The van der Waals surface area contributed by atoms with E-state index >= 15 is 0 Å². The van der Waals surface area contributed by atoms with E-state index in [0.717, 1.165) is 12.2 Å². The third-order valence-corrected chi connectivity index (χ3v) is 1.47. The molecule has 58 valence electrons. The molecule has 0 saturated heterocycles. The quantitative estimate of drug-likeness (QED) is 0.730. The van der Waals surface area contributed by atoms with Crippen LogP contribution in [-0.4, -0.2) is 6.54 Å². The second-order valence-electron chi connectivity index (χ2n) is 2.11. The fourth-order valence-corrected chi connectivity index (χ4v) is 0.866. The number of benzene rings is 1. The van der Waals surface area contributed by atoms with E-state index in [4.69, 9.17) is 11.6 Å². The van der Waals surface area contributed by atoms with Gasteiger partial charge in [0.1, 0.15) is 0 Å². The lowest BCUT2D eigenvalue weighted by Gasteiger charge is -2.00. The maximum atomic E-state index is 5.35. The summed E-state index contributed by atoms with van der Waals surface area (Å²) < 4.78 is 0. The third kappa shape index (κ3) is 3.10. The van der Waals surface area contributed by atoms with E-state index in [1.165, 1.54) is 5.54 Å². The van der Waals surface area contributed by atoms with E-state index in [-0.39, 0.29) is 0 Å². The molecule has 1 nitrogen and oxygen atoms in total. The van der Waals surface area contributed by atoms with Gasteiger partial charge in [0.2, 0.25) is 0 Å². The van der Waals surface area contributed by atoms with Crippen molar-refractivity contribution in [3.8, 4) is 0 Å². The van der Waals surface area contributed by atoms with Crippen LogP contribution in [0.5, 0.6) is 0 Å². The average Bonchev–Trinajstić information content (AvgIpc) is 2.07. The summed E-state index contributed by atoms with van der Waals surface area (Å²) in [6, 6.07) is 10.0. The highest BCUT2D eigenvalue weighted by atomic mass is 35.5. The summed E-state index contributed by atoms with van der Waals surface area (Å²) >= 11 is 5.35. The second-order valence-corrected chi connectivity index (χ2v) is 2.36. The van der Waals surface area contributed by atoms with E-state index in [0.29, 0.717) is 0 Å². The zero-order valence-corrected chi connectivity index (χ0v) is 6.88. The number of nitrogens with one attached hydrogen (secondary N) is 1. The smallest absolute Gasteiger partial charge is 0.0342 e. The van der Waals surface area contributed by atoms with Crippen LogP contribution in [0, 0.1) is 0 Å². The molecular formula is C9H10ClN. The van der Waals surface area contributed by atoms with Gasteiger partial charge >= 0.3 is 0 Å². The zero-order valence-electron chi connectivity index (χ0n) is 6.13. The Kier molecular flexibility index (Phi) is 3.56. The van der Waals surface area contributed by atoms with Crippen LogP contribution in [0.4, 0.5) is 5.69 Å². The molecule has 1 aromatic rings. The SMILES string of the molecule is ClC=CCNc1ccccc1. The molecular weight excluding hydrogens is 158 g/mol. The molecule has 0 aromatic heterocycles. The molecule has 0 aliphatic heterocycles. The van der Waals surface area contributed by atoms with Crippen molar-refractivity contribution in [1.82, 2.24) is 0 Å². The minimum atomic E-state index is 0.771. The Hall–Kier alpha value is -0.950. The van der Waals surface area contributed by atoms with Crippen molar-refractivity contribution in [2.45, 2.75) is 0 Å². The summed E-state index contributed by atoms with van der Waals surface area (Å²) in [5, 5.41) is 3.17. The summed E-state index contributed by atoms with van der Waals surface area (Å²) in [5.74, 6) is 0. The minimum Gasteiger partial charge on any atom is -0.382 e. The van der Waals surface area contributed by atoms with Crippen LogP contribution in [0.15, 0.2) is 41.9 Å². The van der Waals surface area contributed by atoms with Crippen LogP contribution in [-0.2, 0) is 0 Å². The first-order valence-electron chi connectivity index (χ1n) is 3.47. The average molecular weight is 168 g/mol. The summed E-state index contributed by atoms with van der Waals surface area (Å²) in [6.45, 7) is 0.771. The molecule has 0 bridgehead atoms. The van der Waals surface area contributed by atoms with Crippen molar-refractivity contribution >= 4 is 17.3 Å². The summed E-state index contributed by atoms with van der Waals surface area (Å²) in [4.78, 5) is 0. The van der Waals surface area contributed by atoms with E-state index in [1.54, 1.807) is 0 Å². The lowest BCUT2D eigenvalue weighted by atomic mass is 10.3. The van der Waals surface area contributed by atoms with Crippen LogP contribution in [0.25, 0.3) is 0 Å². The third-order valence-electron chi connectivity index (χ3n) is 1.29. The molecule has 0 atom stereocenters. The molecule has 1 aromatic carbocycles. The lowest BCUT2D eigenvalue weighted by molar-refractivity contribution is 1.34. The second kappa shape index (κ2) is 4.80. The Morgan fingerprint density at radius 2 is 2.00 bits per heavy atom. The Labute approximate surface area is 71.7 Å². The van der Waals surface area contributed by atoms with Crippen molar-refractivity contribution in [3.05, 3.63) is 41.9 Å². The molecule has 0 fully saturated rings. The zero-order chi connectivity index (χ0) is 7.94. The number of halogens is 1. The Balaban J connectivity index is 2.39. The molecule has 0 spiro atoms. The van der Waals surface area contributed by atoms with Gasteiger partial charge in [-0.05, 0) is 12.1 Å². The van der Waals surface area contributed by atoms with Gasteiger partial charge in [0.15, 0.2) is 0 Å². The Bertz CT molecular complexity index is 218. The molecule has 0 saturated carbocycles. The Morgan fingerprint density at radius 1 is 1.27 bits per heavy atom. The maximum Gasteiger partial charge on any atom is 0.0342 e. The fraction of sp³-hybridized carbons (Fsp3) is 0.111. The molecule has 2 heteroatoms. The van der Waals surface area contributed by atoms with E-state index in [9.17, 15) is 0 Å². The first-order chi connectivity index (χ1) is 5.43. The monoisotopic (exact) mass is 167 g/mol. The number of rotatable bonds is 3. The number of hydrogen-bond acceptors (Lipinski definition) is 1. The highest BCUT2D eigenvalue weighted by Crippen LogP contribution is 2.03. The minimum absolute atomic E-state index is 0.771. The molecule has 11 heavy (non-hydrogen) atoms. The molecule has 0 heterocycles. The van der Waals surface area contributed by atoms with Crippen molar-refractivity contribution in [3.63, 3.8) is 0 Å². The van der Waals surface area contributed by atoms with Gasteiger partial charge in [-0.2, -0.15) is 0 Å². The number of anilines is 1. The van der Waals surface area contributed by atoms with E-state index in [2.05, 4.69) is 5.32 Å². The molecule has 0 aliphatic rings. The van der Waals surface area contributed by atoms with Gasteiger partial charge in [-0.15, -0.1) is 0 Å². The summed E-state index contributed by atoms with van der Waals surface area (Å²) in [7, 11) is 0. The first kappa shape index (κ1) is 8.15. The largest absolute Gasteiger partial charge is 0.382 e. The fourth-order valence-electron chi connectivity index (χ4n) is 0.777. The van der Waals surface area contributed by atoms with Crippen LogP contribution in [0.2, 0.25) is 0 Å². The van der Waals surface area contributed by atoms with Crippen molar-refractivity contribution in [2.24, 2.45) is 0 Å². The van der Waals surface area contributed by atoms with E-state index < -0.39 is 0 Å². The molecule has 1 rings (SSSR count). The summed E-state index contributed by atoms with van der Waals surface area (Å²) in [5.41, 5.74) is 2.62. The molecule has 0 amide bonds. The van der Waals surface area contributed by atoms with Gasteiger partial charge < -0.3 is 5.32 Å². The van der Waals surface area contributed by atoms with Gasteiger partial charge in [-0.1, -0.05) is 35.9 Å². The van der Waals surface area contributed by atoms with Gasteiger partial charge in [0, 0.05) is 17.8 Å². The Morgan fingerprint density at radius 3 is 2.64 bits per heavy atom. The van der Waals surface area contributed by atoms with Gasteiger partial charge in [-0.25, -0.2) is 0 Å². The predicted molar refractivity (Wildman–Crippen MR) is 49.9 cm³/mol. The van der Waals surface area contributed by atoms with Crippen LogP contribution in [0.1, 0.15) is 0 Å². The molecule has 1 N–H and O–H groups in total. The van der Waals surface area contributed by atoms with Crippen LogP contribution in [0.3, 0.4) is 0 Å². The number of para-hydroxylation sites is 1. The lowest BCUT2D eigenvalue weighted by Crippen LogP contribution is -1.96. The number of hydrogen-bond donors (Lipinski definition) is 1.